The number of hydrogen-bond donors (Lipinski definition) is 0. The summed E-state index contributed by atoms with van der Waals surface area (Å²) in [6.45, 7) is 8.90. The van der Waals surface area contributed by atoms with Gasteiger partial charge in [-0.15, -0.1) is 0 Å². The predicted octanol–water partition coefficient (Wildman–Crippen LogP) is 8.00. The van der Waals surface area contributed by atoms with Gasteiger partial charge in [-0.2, -0.15) is 0 Å². The van der Waals surface area contributed by atoms with Crippen molar-refractivity contribution in [1.82, 2.24) is 9.97 Å². The molecule has 2 heterocycles. The molecule has 0 atom stereocenters. The highest BCUT2D eigenvalue weighted by atomic mass is 16.5. The Morgan fingerprint density at radius 1 is 0.652 bits per heavy atom. The maximum absolute atomic E-state index is 12.7. The molecule has 0 aliphatic rings. The number of pyridine rings is 2. The summed E-state index contributed by atoms with van der Waals surface area (Å²) in [5, 5.41) is 0. The monoisotopic (exact) mass is 624 g/mol. The first-order valence-electron chi connectivity index (χ1n) is 15.7. The first-order chi connectivity index (χ1) is 22.1. The third kappa shape index (κ3) is 10.4. The minimum absolute atomic E-state index is 0.207. The Labute approximate surface area is 272 Å². The fourth-order valence-corrected chi connectivity index (χ4v) is 4.83. The summed E-state index contributed by atoms with van der Waals surface area (Å²) in [6.07, 6.45) is 9.38. The number of ether oxygens (including phenoxy) is 4. The summed E-state index contributed by atoms with van der Waals surface area (Å²) >= 11 is 0. The van der Waals surface area contributed by atoms with Gasteiger partial charge in [0, 0.05) is 41.5 Å². The number of carbonyl (C=O) groups is 2. The summed E-state index contributed by atoms with van der Waals surface area (Å²) in [4.78, 5) is 33.6. The van der Waals surface area contributed by atoms with Gasteiger partial charge in [0.15, 0.2) is 0 Å². The van der Waals surface area contributed by atoms with Crippen molar-refractivity contribution >= 4 is 11.9 Å². The lowest BCUT2D eigenvalue weighted by molar-refractivity contribution is -0.156. The van der Waals surface area contributed by atoms with E-state index in [4.69, 9.17) is 18.9 Å². The lowest BCUT2D eigenvalue weighted by atomic mass is 9.88. The predicted molar refractivity (Wildman–Crippen MR) is 177 cm³/mol. The van der Waals surface area contributed by atoms with Crippen LogP contribution in [0.5, 0.6) is 11.5 Å². The molecule has 0 radical (unpaired) electrons. The average molecular weight is 625 g/mol. The number of rotatable bonds is 17. The molecule has 0 fully saturated rings. The summed E-state index contributed by atoms with van der Waals surface area (Å²) in [5.41, 5.74) is 2.38. The molecule has 0 bridgehead atoms. The molecule has 0 aliphatic carbocycles. The normalized spacial score (nSPS) is 11.5. The molecule has 242 valence electrons. The zero-order valence-electron chi connectivity index (χ0n) is 27.2. The number of aromatic nitrogens is 2. The smallest absolute Gasteiger partial charge is 0.311 e. The Kier molecular flexibility index (Phi) is 12.3. The molecule has 4 rings (SSSR count). The van der Waals surface area contributed by atoms with Gasteiger partial charge in [-0.25, -0.2) is 0 Å². The van der Waals surface area contributed by atoms with Gasteiger partial charge in [0.25, 0.3) is 0 Å². The highest BCUT2D eigenvalue weighted by molar-refractivity contribution is 5.76. The van der Waals surface area contributed by atoms with Crippen LogP contribution in [-0.4, -0.2) is 35.1 Å². The van der Waals surface area contributed by atoms with Crippen LogP contribution < -0.4 is 9.47 Å². The molecule has 8 nitrogen and oxygen atoms in total. The van der Waals surface area contributed by atoms with Crippen LogP contribution >= 0.6 is 0 Å². The third-order valence-electron chi connectivity index (χ3n) is 7.74. The Bertz CT molecular complexity index is 1530. The highest BCUT2D eigenvalue weighted by Gasteiger charge is 2.30. The molecule has 4 aromatic rings. The molecule has 2 aromatic heterocycles. The Morgan fingerprint density at radius 2 is 1.20 bits per heavy atom. The van der Waals surface area contributed by atoms with E-state index < -0.39 is 10.8 Å². The number of esters is 2. The molecule has 2 aromatic carbocycles. The average Bonchev–Trinajstić information content (AvgIpc) is 3.08. The lowest BCUT2D eigenvalue weighted by Gasteiger charge is -2.23. The maximum Gasteiger partial charge on any atom is 0.311 e. The van der Waals surface area contributed by atoms with Crippen LogP contribution in [0.25, 0.3) is 11.1 Å². The Balaban J connectivity index is 1.27. The summed E-state index contributed by atoms with van der Waals surface area (Å²) < 4.78 is 23.4. The largest absolute Gasteiger partial charge is 0.494 e. The topological polar surface area (TPSA) is 96.8 Å². The van der Waals surface area contributed by atoms with Crippen molar-refractivity contribution in [2.45, 2.75) is 66.6 Å². The number of carbonyl (C=O) groups excluding carboxylic acids is 2. The van der Waals surface area contributed by atoms with E-state index in [9.17, 15) is 9.59 Å². The van der Waals surface area contributed by atoms with Crippen molar-refractivity contribution in [1.29, 1.82) is 0 Å². The van der Waals surface area contributed by atoms with E-state index in [2.05, 4.69) is 9.97 Å². The van der Waals surface area contributed by atoms with Crippen LogP contribution in [0.3, 0.4) is 0 Å². The van der Waals surface area contributed by atoms with Gasteiger partial charge in [-0.05, 0) is 89.3 Å². The zero-order chi connectivity index (χ0) is 32.8. The molecule has 0 spiro atoms. The van der Waals surface area contributed by atoms with E-state index >= 15 is 0 Å². The van der Waals surface area contributed by atoms with Gasteiger partial charge in [0.05, 0.1) is 24.0 Å². The Hall–Kier alpha value is -4.72. The van der Waals surface area contributed by atoms with Crippen LogP contribution in [-0.2, 0) is 32.3 Å². The van der Waals surface area contributed by atoms with E-state index in [0.717, 1.165) is 33.8 Å². The van der Waals surface area contributed by atoms with Crippen LogP contribution in [0.2, 0.25) is 0 Å². The second kappa shape index (κ2) is 16.5. The molecule has 8 heteroatoms. The summed E-state index contributed by atoms with van der Waals surface area (Å²) in [6, 6.07) is 23.2. The van der Waals surface area contributed by atoms with Crippen molar-refractivity contribution in [2.24, 2.45) is 10.8 Å². The molecule has 46 heavy (non-hydrogen) atoms. The first-order valence-corrected chi connectivity index (χ1v) is 15.7. The van der Waals surface area contributed by atoms with E-state index in [0.29, 0.717) is 38.9 Å². The molecule has 0 saturated carbocycles. The number of benzene rings is 2. The molecular weight excluding hydrogens is 580 g/mol. The second-order valence-corrected chi connectivity index (χ2v) is 12.6. The van der Waals surface area contributed by atoms with E-state index in [1.807, 2.05) is 100 Å². The van der Waals surface area contributed by atoms with Crippen LogP contribution in [0.1, 0.15) is 64.5 Å². The first kappa shape index (κ1) is 34.2. The lowest BCUT2D eigenvalue weighted by Crippen LogP contribution is -2.27. The molecule has 0 unspecified atom stereocenters. The molecule has 0 amide bonds. The summed E-state index contributed by atoms with van der Waals surface area (Å²) in [7, 11) is 0. The maximum atomic E-state index is 12.7. The van der Waals surface area contributed by atoms with E-state index in [-0.39, 0.29) is 25.2 Å². The van der Waals surface area contributed by atoms with Crippen LogP contribution in [0.15, 0.2) is 97.6 Å². The SMILES string of the molecule is CC(C)(CCCOc1ccc(OCCCC(C)(C)C(=O)OCc2cccnc2)c(-c2ccccc2)c1)C(=O)OCc1cccnc1. The van der Waals surface area contributed by atoms with Crippen molar-refractivity contribution in [3.8, 4) is 22.6 Å². The van der Waals surface area contributed by atoms with E-state index in [1.165, 1.54) is 0 Å². The number of hydrogen-bond acceptors (Lipinski definition) is 8. The summed E-state index contributed by atoms with van der Waals surface area (Å²) in [5.74, 6) is 0.982. The standard InChI is InChI=1S/C38H44N2O6/c1-37(2,35(41)45-27-29-12-8-20-39-25-29)18-10-22-43-32-16-17-34(33(24-32)31-14-6-5-7-15-31)44-23-11-19-38(3,4)36(42)46-28-30-13-9-21-40-26-30/h5-9,12-17,20-21,24-26H,10-11,18-19,22-23,27-28H2,1-4H3. The van der Waals surface area contributed by atoms with Crippen LogP contribution in [0.4, 0.5) is 0 Å². The quantitative estimate of drug-likeness (QED) is 0.0861. The minimum atomic E-state index is -0.643. The van der Waals surface area contributed by atoms with Crippen molar-refractivity contribution in [3.05, 3.63) is 109 Å². The molecule has 0 aliphatic heterocycles. The minimum Gasteiger partial charge on any atom is -0.494 e. The van der Waals surface area contributed by atoms with Gasteiger partial charge in [0.1, 0.15) is 24.7 Å². The van der Waals surface area contributed by atoms with Crippen molar-refractivity contribution < 1.29 is 28.5 Å². The third-order valence-corrected chi connectivity index (χ3v) is 7.74. The molecular formula is C38H44N2O6. The van der Waals surface area contributed by atoms with Gasteiger partial charge >= 0.3 is 11.9 Å². The van der Waals surface area contributed by atoms with Crippen LogP contribution in [0, 0.1) is 10.8 Å². The fourth-order valence-electron chi connectivity index (χ4n) is 4.83. The van der Waals surface area contributed by atoms with Crippen molar-refractivity contribution in [2.75, 3.05) is 13.2 Å². The van der Waals surface area contributed by atoms with Gasteiger partial charge < -0.3 is 18.9 Å². The van der Waals surface area contributed by atoms with Gasteiger partial charge in [0.2, 0.25) is 0 Å². The Morgan fingerprint density at radius 3 is 1.72 bits per heavy atom. The van der Waals surface area contributed by atoms with Crippen molar-refractivity contribution in [3.63, 3.8) is 0 Å². The fraction of sp³-hybridized carbons (Fsp3) is 0.368. The number of nitrogens with zero attached hydrogens (tertiary/aromatic N) is 2. The molecule has 0 saturated heterocycles. The second-order valence-electron chi connectivity index (χ2n) is 12.6. The van der Waals surface area contributed by atoms with Gasteiger partial charge in [-0.3, -0.25) is 19.6 Å². The van der Waals surface area contributed by atoms with E-state index in [1.54, 1.807) is 24.8 Å². The zero-order valence-corrected chi connectivity index (χ0v) is 27.2. The molecule has 0 N–H and O–H groups in total. The highest BCUT2D eigenvalue weighted by Crippen LogP contribution is 2.34. The van der Waals surface area contributed by atoms with Gasteiger partial charge in [-0.1, -0.05) is 42.5 Å².